The first-order chi connectivity index (χ1) is 6.06. The average Bonchev–Trinajstić information content (AvgIpc) is 2.10. The van der Waals surface area contributed by atoms with Crippen molar-refractivity contribution in [3.8, 4) is 0 Å². The van der Waals surface area contributed by atoms with Gasteiger partial charge >= 0.3 is 5.97 Å². The second-order valence-corrected chi connectivity index (χ2v) is 3.05. The molecule has 0 unspecified atom stereocenters. The summed E-state index contributed by atoms with van der Waals surface area (Å²) in [6.45, 7) is 5.70. The van der Waals surface area contributed by atoms with E-state index in [1.165, 1.54) is 7.11 Å². The van der Waals surface area contributed by atoms with Crippen LogP contribution in [0, 0.1) is 20.8 Å². The monoisotopic (exact) mass is 179 g/mol. The lowest BCUT2D eigenvalue weighted by Crippen LogP contribution is -2.08. The van der Waals surface area contributed by atoms with E-state index < -0.39 is 0 Å². The summed E-state index contributed by atoms with van der Waals surface area (Å²) in [5.41, 5.74) is 3.22. The highest BCUT2D eigenvalue weighted by Crippen LogP contribution is 2.11. The number of aryl methyl sites for hydroxylation is 3. The highest BCUT2D eigenvalue weighted by molar-refractivity contribution is 5.88. The van der Waals surface area contributed by atoms with Gasteiger partial charge in [-0.15, -0.1) is 0 Å². The quantitative estimate of drug-likeness (QED) is 0.617. The Hall–Kier alpha value is -1.38. The van der Waals surface area contributed by atoms with Crippen LogP contribution in [-0.2, 0) is 4.74 Å². The molecule has 3 nitrogen and oxygen atoms in total. The number of nitrogens with zero attached hydrogens (tertiary/aromatic N) is 1. The molecular formula is C10H13NO2. The van der Waals surface area contributed by atoms with Gasteiger partial charge < -0.3 is 4.74 Å². The van der Waals surface area contributed by atoms with E-state index in [9.17, 15) is 4.79 Å². The van der Waals surface area contributed by atoms with Gasteiger partial charge in [0.2, 0.25) is 0 Å². The van der Waals surface area contributed by atoms with Crippen molar-refractivity contribution >= 4 is 5.97 Å². The van der Waals surface area contributed by atoms with Gasteiger partial charge in [-0.1, -0.05) is 6.07 Å². The molecule has 0 aromatic carbocycles. The summed E-state index contributed by atoms with van der Waals surface area (Å²) in [4.78, 5) is 15.4. The van der Waals surface area contributed by atoms with Crippen LogP contribution in [0.5, 0.6) is 0 Å². The molecule has 0 aliphatic rings. The third-order valence-corrected chi connectivity index (χ3v) is 2.04. The lowest BCUT2D eigenvalue weighted by atomic mass is 10.1. The van der Waals surface area contributed by atoms with E-state index in [1.54, 1.807) is 0 Å². The predicted octanol–water partition coefficient (Wildman–Crippen LogP) is 1.79. The van der Waals surface area contributed by atoms with Gasteiger partial charge in [-0.3, -0.25) is 0 Å². The Bertz CT molecular complexity index is 345. The van der Waals surface area contributed by atoms with Crippen molar-refractivity contribution in [2.45, 2.75) is 20.8 Å². The Morgan fingerprint density at radius 2 is 1.92 bits per heavy atom. The van der Waals surface area contributed by atoms with Crippen LogP contribution < -0.4 is 0 Å². The third kappa shape index (κ3) is 1.86. The Labute approximate surface area is 77.8 Å². The van der Waals surface area contributed by atoms with E-state index in [0.29, 0.717) is 5.69 Å². The number of hydrogen-bond acceptors (Lipinski definition) is 3. The third-order valence-electron chi connectivity index (χ3n) is 2.04. The minimum absolute atomic E-state index is 0.374. The van der Waals surface area contributed by atoms with Gasteiger partial charge in [-0.25, -0.2) is 9.78 Å². The average molecular weight is 179 g/mol. The molecule has 70 valence electrons. The zero-order chi connectivity index (χ0) is 10.0. The van der Waals surface area contributed by atoms with Crippen molar-refractivity contribution in [3.63, 3.8) is 0 Å². The number of aromatic nitrogens is 1. The normalized spacial score (nSPS) is 9.85. The number of carbonyl (C=O) groups is 1. The highest BCUT2D eigenvalue weighted by atomic mass is 16.5. The van der Waals surface area contributed by atoms with Crippen molar-refractivity contribution < 1.29 is 9.53 Å². The summed E-state index contributed by atoms with van der Waals surface area (Å²) in [6, 6.07) is 1.94. The first-order valence-electron chi connectivity index (χ1n) is 4.09. The summed E-state index contributed by atoms with van der Waals surface area (Å²) < 4.78 is 4.61. The first kappa shape index (κ1) is 9.71. The fourth-order valence-electron chi connectivity index (χ4n) is 1.14. The Morgan fingerprint density at radius 1 is 1.31 bits per heavy atom. The van der Waals surface area contributed by atoms with Crippen LogP contribution in [0.2, 0.25) is 0 Å². The molecule has 0 spiro atoms. The van der Waals surface area contributed by atoms with Crippen molar-refractivity contribution in [2.24, 2.45) is 0 Å². The molecule has 0 radical (unpaired) electrons. The first-order valence-corrected chi connectivity index (χ1v) is 4.09. The molecule has 1 aromatic rings. The predicted molar refractivity (Wildman–Crippen MR) is 49.8 cm³/mol. The molecule has 13 heavy (non-hydrogen) atoms. The Kier molecular flexibility index (Phi) is 2.66. The maximum atomic E-state index is 11.2. The fourth-order valence-corrected chi connectivity index (χ4v) is 1.14. The molecule has 0 N–H and O–H groups in total. The van der Waals surface area contributed by atoms with Crippen LogP contribution >= 0.6 is 0 Å². The minimum atomic E-state index is -0.374. The van der Waals surface area contributed by atoms with Gasteiger partial charge in [0.1, 0.15) is 0 Å². The van der Waals surface area contributed by atoms with E-state index in [1.807, 2.05) is 26.8 Å². The number of pyridine rings is 1. The molecule has 0 fully saturated rings. The fraction of sp³-hybridized carbons (Fsp3) is 0.400. The molecule has 0 saturated carbocycles. The van der Waals surface area contributed by atoms with Gasteiger partial charge in [0, 0.05) is 5.69 Å². The molecular weight excluding hydrogens is 166 g/mol. The van der Waals surface area contributed by atoms with Crippen molar-refractivity contribution in [2.75, 3.05) is 7.11 Å². The zero-order valence-corrected chi connectivity index (χ0v) is 8.34. The summed E-state index contributed by atoms with van der Waals surface area (Å²) in [7, 11) is 1.36. The van der Waals surface area contributed by atoms with Crippen molar-refractivity contribution in [1.82, 2.24) is 4.98 Å². The highest BCUT2D eigenvalue weighted by Gasteiger charge is 2.11. The topological polar surface area (TPSA) is 39.2 Å². The zero-order valence-electron chi connectivity index (χ0n) is 8.34. The van der Waals surface area contributed by atoms with Gasteiger partial charge in [0.05, 0.1) is 7.11 Å². The van der Waals surface area contributed by atoms with Gasteiger partial charge in [0.15, 0.2) is 5.69 Å². The molecule has 1 rings (SSSR count). The molecule has 0 saturated heterocycles. The number of ether oxygens (including phenoxy) is 1. The Balaban J connectivity index is 3.23. The van der Waals surface area contributed by atoms with Crippen LogP contribution in [0.4, 0.5) is 0 Å². The SMILES string of the molecule is COC(=O)c1nc(C)c(C)cc1C. The molecule has 0 atom stereocenters. The van der Waals surface area contributed by atoms with Crippen LogP contribution in [-0.4, -0.2) is 18.1 Å². The van der Waals surface area contributed by atoms with Gasteiger partial charge in [0.25, 0.3) is 0 Å². The second-order valence-electron chi connectivity index (χ2n) is 3.05. The molecule has 0 amide bonds. The van der Waals surface area contributed by atoms with Gasteiger partial charge in [-0.05, 0) is 31.9 Å². The maximum Gasteiger partial charge on any atom is 0.356 e. The molecule has 3 heteroatoms. The summed E-state index contributed by atoms with van der Waals surface area (Å²) in [5, 5.41) is 0. The summed E-state index contributed by atoms with van der Waals surface area (Å²) in [5.74, 6) is -0.374. The van der Waals surface area contributed by atoms with Crippen molar-refractivity contribution in [3.05, 3.63) is 28.6 Å². The smallest absolute Gasteiger partial charge is 0.356 e. The molecule has 1 aromatic heterocycles. The lowest BCUT2D eigenvalue weighted by molar-refractivity contribution is 0.0593. The molecule has 0 aliphatic carbocycles. The van der Waals surface area contributed by atoms with Crippen LogP contribution in [0.15, 0.2) is 6.07 Å². The van der Waals surface area contributed by atoms with E-state index in [2.05, 4.69) is 9.72 Å². The van der Waals surface area contributed by atoms with Crippen LogP contribution in [0.3, 0.4) is 0 Å². The number of carbonyl (C=O) groups excluding carboxylic acids is 1. The van der Waals surface area contributed by atoms with Crippen LogP contribution in [0.25, 0.3) is 0 Å². The molecule has 0 bridgehead atoms. The molecule has 0 aliphatic heterocycles. The standard InChI is InChI=1S/C10H13NO2/c1-6-5-7(2)9(10(12)13-4)11-8(6)3/h5H,1-4H3. The minimum Gasteiger partial charge on any atom is -0.464 e. The lowest BCUT2D eigenvalue weighted by Gasteiger charge is -2.06. The largest absolute Gasteiger partial charge is 0.464 e. The van der Waals surface area contributed by atoms with Gasteiger partial charge in [-0.2, -0.15) is 0 Å². The Morgan fingerprint density at radius 3 is 2.46 bits per heavy atom. The number of rotatable bonds is 1. The number of esters is 1. The number of methoxy groups -OCH3 is 1. The van der Waals surface area contributed by atoms with E-state index in [-0.39, 0.29) is 5.97 Å². The number of hydrogen-bond donors (Lipinski definition) is 0. The maximum absolute atomic E-state index is 11.2. The van der Waals surface area contributed by atoms with E-state index >= 15 is 0 Å². The van der Waals surface area contributed by atoms with E-state index in [4.69, 9.17) is 0 Å². The summed E-state index contributed by atoms with van der Waals surface area (Å²) in [6.07, 6.45) is 0. The van der Waals surface area contributed by atoms with E-state index in [0.717, 1.165) is 16.8 Å². The molecule has 1 heterocycles. The van der Waals surface area contributed by atoms with Crippen molar-refractivity contribution in [1.29, 1.82) is 0 Å². The summed E-state index contributed by atoms with van der Waals surface area (Å²) >= 11 is 0. The van der Waals surface area contributed by atoms with Crippen LogP contribution in [0.1, 0.15) is 27.3 Å². The second kappa shape index (κ2) is 3.56.